The van der Waals surface area contributed by atoms with Crippen LogP contribution >= 0.6 is 0 Å². The van der Waals surface area contributed by atoms with Crippen LogP contribution in [0.4, 0.5) is 5.69 Å². The van der Waals surface area contributed by atoms with E-state index in [9.17, 15) is 28.8 Å². The molecule has 0 saturated carbocycles. The third-order valence-electron chi connectivity index (χ3n) is 6.25. The smallest absolute Gasteiger partial charge is 0.303 e. The molecule has 16 heteroatoms. The van der Waals surface area contributed by atoms with E-state index < -0.39 is 85.7 Å². The van der Waals surface area contributed by atoms with Crippen molar-refractivity contribution in [2.75, 3.05) is 18.5 Å². The fraction of sp³-hybridized carbons (Fsp3) is 0.533. The van der Waals surface area contributed by atoms with Crippen LogP contribution in [0.15, 0.2) is 36.4 Å². The van der Waals surface area contributed by atoms with Gasteiger partial charge in [-0.1, -0.05) is 6.08 Å². The maximum atomic E-state index is 12.2. The number of hydrogen-bond donors (Lipinski definition) is 1. The zero-order valence-electron chi connectivity index (χ0n) is 26.1. The zero-order chi connectivity index (χ0) is 34.0. The second-order valence-electron chi connectivity index (χ2n) is 10.2. The van der Waals surface area contributed by atoms with E-state index in [0.29, 0.717) is 11.4 Å². The average Bonchev–Trinajstić information content (AvgIpc) is 2.95. The number of rotatable bonds is 12. The summed E-state index contributed by atoms with van der Waals surface area (Å²) in [5.74, 6) is -3.49. The highest BCUT2D eigenvalue weighted by molar-refractivity contribution is 5.88. The Morgan fingerprint density at radius 1 is 0.652 bits per heavy atom. The van der Waals surface area contributed by atoms with E-state index >= 15 is 0 Å². The molecule has 252 valence electrons. The molecule has 1 amide bonds. The molecule has 8 atom stereocenters. The molecular formula is C30H37NO15. The van der Waals surface area contributed by atoms with Crippen molar-refractivity contribution in [1.82, 2.24) is 0 Å². The predicted octanol–water partition coefficient (Wildman–Crippen LogP) is 1.34. The minimum Gasteiger partial charge on any atom is -0.463 e. The lowest BCUT2D eigenvalue weighted by Crippen LogP contribution is -2.63. The Morgan fingerprint density at radius 3 is 1.74 bits per heavy atom. The molecule has 0 unspecified atom stereocenters. The molecule has 0 aromatic heterocycles. The highest BCUT2D eigenvalue weighted by Gasteiger charge is 2.53. The van der Waals surface area contributed by atoms with E-state index in [0.717, 1.165) is 27.7 Å². The minimum absolute atomic E-state index is 0.233. The van der Waals surface area contributed by atoms with Crippen molar-refractivity contribution in [1.29, 1.82) is 0 Å². The van der Waals surface area contributed by atoms with Crippen LogP contribution in [-0.2, 0) is 66.7 Å². The molecule has 1 N–H and O–H groups in total. The normalized spacial score (nSPS) is 27.0. The van der Waals surface area contributed by atoms with Crippen LogP contribution in [0.5, 0.6) is 5.75 Å². The van der Waals surface area contributed by atoms with Gasteiger partial charge in [0, 0.05) is 47.2 Å². The first-order valence-electron chi connectivity index (χ1n) is 14.2. The quantitative estimate of drug-likeness (QED) is 0.193. The van der Waals surface area contributed by atoms with Crippen molar-refractivity contribution in [3.63, 3.8) is 0 Å². The Morgan fingerprint density at radius 2 is 1.20 bits per heavy atom. The van der Waals surface area contributed by atoms with Gasteiger partial charge in [0.2, 0.25) is 12.2 Å². The van der Waals surface area contributed by atoms with E-state index in [-0.39, 0.29) is 12.5 Å². The molecule has 0 spiro atoms. The maximum absolute atomic E-state index is 12.2. The monoisotopic (exact) mass is 651 g/mol. The summed E-state index contributed by atoms with van der Waals surface area (Å²) in [6.07, 6.45) is -6.95. The highest BCUT2D eigenvalue weighted by atomic mass is 16.8. The lowest BCUT2D eigenvalue weighted by atomic mass is 9.97. The summed E-state index contributed by atoms with van der Waals surface area (Å²) in [6, 6.07) is 6.50. The SMILES string of the molecule is CC(=O)Nc1ccc(O[C@@H]2C=C[C@H](O[C@H]3O[C@H](COC(C)=O)[C@H](OC(C)=O)[C@H](OC(C)=O)[C@H]3OC(C)=O)[C@@H](COC(C)=O)O2)cc1. The summed E-state index contributed by atoms with van der Waals surface area (Å²) in [7, 11) is 0. The molecule has 2 aliphatic heterocycles. The van der Waals surface area contributed by atoms with Crippen LogP contribution in [0.3, 0.4) is 0 Å². The van der Waals surface area contributed by atoms with E-state index in [1.54, 1.807) is 30.3 Å². The van der Waals surface area contributed by atoms with Crippen LogP contribution in [0.2, 0.25) is 0 Å². The van der Waals surface area contributed by atoms with Gasteiger partial charge in [0.15, 0.2) is 24.6 Å². The van der Waals surface area contributed by atoms with Crippen LogP contribution < -0.4 is 10.1 Å². The minimum atomic E-state index is -1.50. The van der Waals surface area contributed by atoms with Gasteiger partial charge in [0.25, 0.3) is 0 Å². The second kappa shape index (κ2) is 16.7. The number of anilines is 1. The van der Waals surface area contributed by atoms with Crippen molar-refractivity contribution >= 4 is 41.4 Å². The second-order valence-corrected chi connectivity index (χ2v) is 10.2. The lowest BCUT2D eigenvalue weighted by molar-refractivity contribution is -0.322. The fourth-order valence-corrected chi connectivity index (χ4v) is 4.56. The Hall–Kier alpha value is -4.54. The molecule has 0 radical (unpaired) electrons. The van der Waals surface area contributed by atoms with Crippen molar-refractivity contribution in [2.24, 2.45) is 0 Å². The third kappa shape index (κ3) is 11.1. The Bertz CT molecular complexity index is 1300. The first-order valence-corrected chi connectivity index (χ1v) is 14.2. The van der Waals surface area contributed by atoms with Crippen LogP contribution in [-0.4, -0.2) is 98.2 Å². The predicted molar refractivity (Wildman–Crippen MR) is 153 cm³/mol. The number of nitrogens with one attached hydrogen (secondary N) is 1. The van der Waals surface area contributed by atoms with Crippen LogP contribution in [0.25, 0.3) is 0 Å². The molecule has 1 fully saturated rings. The number of ether oxygens (including phenoxy) is 9. The zero-order valence-corrected chi connectivity index (χ0v) is 26.1. The van der Waals surface area contributed by atoms with Crippen LogP contribution in [0.1, 0.15) is 41.5 Å². The lowest BCUT2D eigenvalue weighted by Gasteiger charge is -2.45. The molecule has 2 aliphatic rings. The van der Waals surface area contributed by atoms with E-state index in [1.807, 2.05) is 0 Å². The van der Waals surface area contributed by atoms with Gasteiger partial charge in [0.1, 0.15) is 37.3 Å². The molecule has 3 rings (SSSR count). The van der Waals surface area contributed by atoms with Crippen molar-refractivity contribution in [3.05, 3.63) is 36.4 Å². The van der Waals surface area contributed by atoms with E-state index in [1.165, 1.54) is 19.9 Å². The molecule has 0 aliphatic carbocycles. The number of esters is 5. The molecule has 2 heterocycles. The summed E-state index contributed by atoms with van der Waals surface area (Å²) < 4.78 is 50.6. The van der Waals surface area contributed by atoms with Gasteiger partial charge in [-0.15, -0.1) is 0 Å². The first-order chi connectivity index (χ1) is 21.7. The number of amides is 1. The Kier molecular flexibility index (Phi) is 13.0. The van der Waals surface area contributed by atoms with Crippen molar-refractivity contribution < 1.29 is 71.4 Å². The van der Waals surface area contributed by atoms with Crippen LogP contribution in [0, 0.1) is 0 Å². The van der Waals surface area contributed by atoms with Gasteiger partial charge >= 0.3 is 29.8 Å². The van der Waals surface area contributed by atoms with Gasteiger partial charge in [0.05, 0.1) is 0 Å². The van der Waals surface area contributed by atoms with Gasteiger partial charge < -0.3 is 47.9 Å². The first kappa shape index (κ1) is 35.9. The van der Waals surface area contributed by atoms with Gasteiger partial charge in [-0.2, -0.15) is 0 Å². The number of carbonyl (C=O) groups excluding carboxylic acids is 6. The molecule has 46 heavy (non-hydrogen) atoms. The largest absolute Gasteiger partial charge is 0.463 e. The molecule has 16 nitrogen and oxygen atoms in total. The van der Waals surface area contributed by atoms with Crippen molar-refractivity contribution in [2.45, 2.75) is 90.7 Å². The van der Waals surface area contributed by atoms with E-state index in [4.69, 9.17) is 42.6 Å². The maximum Gasteiger partial charge on any atom is 0.303 e. The van der Waals surface area contributed by atoms with Gasteiger partial charge in [-0.3, -0.25) is 28.8 Å². The fourth-order valence-electron chi connectivity index (χ4n) is 4.56. The summed E-state index contributed by atoms with van der Waals surface area (Å²) in [5.41, 5.74) is 0.561. The Balaban J connectivity index is 1.90. The number of carbonyl (C=O) groups is 6. The molecule has 1 aromatic rings. The third-order valence-corrected chi connectivity index (χ3v) is 6.25. The summed E-state index contributed by atoms with van der Waals surface area (Å²) in [4.78, 5) is 70.8. The van der Waals surface area contributed by atoms with E-state index in [2.05, 4.69) is 5.32 Å². The highest BCUT2D eigenvalue weighted by Crippen LogP contribution is 2.32. The standard InChI is InChI=1S/C30H37NO15/c1-15(32)31-21-7-9-22(10-8-21)43-26-12-11-23(24(44-26)13-38-16(2)33)45-30-29(42-20(6)37)28(41-19(5)36)27(40-18(4)35)25(46-30)14-39-17(3)34/h7-12,23-30H,13-14H2,1-6H3,(H,31,32)/t23-,24+,25+,26-,27-,28-,29+,30-/m0/s1. The van der Waals surface area contributed by atoms with Gasteiger partial charge in [-0.05, 0) is 30.3 Å². The van der Waals surface area contributed by atoms with Crippen molar-refractivity contribution in [3.8, 4) is 5.75 Å². The number of benzene rings is 1. The Labute approximate surface area is 264 Å². The molecule has 1 saturated heterocycles. The summed E-state index contributed by atoms with van der Waals surface area (Å²) in [6.45, 7) is 6.32. The summed E-state index contributed by atoms with van der Waals surface area (Å²) >= 11 is 0. The molecule has 1 aromatic carbocycles. The topological polar surface area (TPSA) is 198 Å². The summed E-state index contributed by atoms with van der Waals surface area (Å²) in [5, 5.41) is 2.65. The molecule has 0 bridgehead atoms. The van der Waals surface area contributed by atoms with Gasteiger partial charge in [-0.25, -0.2) is 0 Å². The average molecular weight is 652 g/mol. The molecular weight excluding hydrogens is 614 g/mol. The number of hydrogen-bond acceptors (Lipinski definition) is 15.